The Kier molecular flexibility index (Phi) is 13.2. The van der Waals surface area contributed by atoms with Crippen LogP contribution in [0.2, 0.25) is 0 Å². The molecule has 5 aliphatic heterocycles. The Morgan fingerprint density at radius 3 is 2.10 bits per heavy atom. The highest BCUT2D eigenvalue weighted by Gasteiger charge is 3.01. The van der Waals surface area contributed by atoms with Gasteiger partial charge in [0.2, 0.25) is 0 Å². The van der Waals surface area contributed by atoms with Gasteiger partial charge in [-0.3, -0.25) is 14.4 Å². The van der Waals surface area contributed by atoms with Crippen molar-refractivity contribution in [1.82, 2.24) is 0 Å². The van der Waals surface area contributed by atoms with Gasteiger partial charge in [0, 0.05) is 41.3 Å². The highest BCUT2D eigenvalue weighted by Crippen LogP contribution is 2.83. The van der Waals surface area contributed by atoms with E-state index in [9.17, 15) is 19.2 Å². The average Bonchev–Trinajstić information content (AvgIpc) is 4.15. The van der Waals surface area contributed by atoms with Crippen LogP contribution < -0.4 is 0 Å². The first-order chi connectivity index (χ1) is 28.1. The fourth-order valence-electron chi connectivity index (χ4n) is 11.8. The molecule has 4 saturated heterocycles. The lowest BCUT2D eigenvalue weighted by atomic mass is 9.46. The second-order valence-corrected chi connectivity index (χ2v) is 21.6. The molecule has 0 aromatic carbocycles. The first kappa shape index (κ1) is 42.9. The summed E-state index contributed by atoms with van der Waals surface area (Å²) in [6, 6.07) is 0. The van der Waals surface area contributed by atoms with Gasteiger partial charge in [0.25, 0.3) is 0 Å². The Labute approximate surface area is 352 Å². The Bertz CT molecular complexity index is 1580. The zero-order valence-corrected chi connectivity index (χ0v) is 36.7. The van der Waals surface area contributed by atoms with Gasteiger partial charge < -0.3 is 33.2 Å². The average molecular weight is 847 g/mol. The molecule has 0 aromatic rings. The standard InChI is InChI=1S/C45H66O11S2/c1-29(2)43-38(55-43)39-45(56-39)42(3)23-21-31-32(28-52-40(31)49)33(42)27-34-44(45,54-34)41(43)53-37(48)20-16-19-36(47)51-25-15-11-9-7-5-4-6-8-10-14-24-50-35(46)18-13-12-17-30-22-26-57-58-30/h29-30,33-34,38-39,41H,4-28H2,1-3H3/t30?,33-,34-,38-,39-,41+,42-,43-,44+,45+/m0/s1. The SMILES string of the molecule is CC(C)[C@]12O[C@H]1[C@@H]1O[C@]13[C@]1(O[C@H]1C[C@H]1C4=C(CC[C@@]13C)C(=O)OC4)[C@@H]2OC(=O)CCCC(=O)OCCCCCCCCCCCCOC(=O)CCCCC1CCSS1. The highest BCUT2D eigenvalue weighted by molar-refractivity contribution is 8.77. The number of esters is 4. The third-order valence-corrected chi connectivity index (χ3v) is 18.0. The van der Waals surface area contributed by atoms with Crippen molar-refractivity contribution < 1.29 is 52.3 Å². The fourth-order valence-corrected chi connectivity index (χ4v) is 14.8. The molecular formula is C45H66O11S2. The molecule has 8 rings (SSSR count). The number of unbranched alkanes of at least 4 members (excludes halogenated alkanes) is 10. The number of ether oxygens (including phenoxy) is 7. The zero-order chi connectivity index (χ0) is 40.5. The Morgan fingerprint density at radius 2 is 1.45 bits per heavy atom. The quantitative estimate of drug-likeness (QED) is 0.0301. The van der Waals surface area contributed by atoms with Gasteiger partial charge in [0.05, 0.1) is 19.3 Å². The summed E-state index contributed by atoms with van der Waals surface area (Å²) in [5.74, 6) is 0.614. The summed E-state index contributed by atoms with van der Waals surface area (Å²) >= 11 is 0. The summed E-state index contributed by atoms with van der Waals surface area (Å²) in [5.41, 5.74) is -0.443. The lowest BCUT2D eigenvalue weighted by Crippen LogP contribution is -2.70. The molecule has 324 valence electrons. The molecule has 0 amide bonds. The Balaban J connectivity index is 0.663. The third-order valence-electron chi connectivity index (χ3n) is 15.0. The maximum absolute atomic E-state index is 13.5. The van der Waals surface area contributed by atoms with Crippen molar-refractivity contribution >= 4 is 45.5 Å². The number of fused-ring (bicyclic) bond motifs is 4. The van der Waals surface area contributed by atoms with Crippen molar-refractivity contribution in [1.29, 1.82) is 0 Å². The number of rotatable bonds is 24. The molecule has 8 aliphatic rings. The summed E-state index contributed by atoms with van der Waals surface area (Å²) in [7, 11) is 3.98. The van der Waals surface area contributed by atoms with Gasteiger partial charge in [0.1, 0.15) is 30.0 Å². The van der Waals surface area contributed by atoms with Crippen LogP contribution in [0, 0.1) is 17.3 Å². The second kappa shape index (κ2) is 17.9. The van der Waals surface area contributed by atoms with Crippen LogP contribution >= 0.6 is 21.6 Å². The highest BCUT2D eigenvalue weighted by atomic mass is 33.1. The normalized spacial score (nSPS) is 37.1. The van der Waals surface area contributed by atoms with E-state index in [1.165, 1.54) is 50.7 Å². The van der Waals surface area contributed by atoms with E-state index in [4.69, 9.17) is 33.2 Å². The van der Waals surface area contributed by atoms with E-state index in [1.54, 1.807) is 0 Å². The minimum Gasteiger partial charge on any atom is -0.466 e. The van der Waals surface area contributed by atoms with E-state index in [2.05, 4.69) is 20.8 Å². The van der Waals surface area contributed by atoms with Gasteiger partial charge >= 0.3 is 23.9 Å². The zero-order valence-electron chi connectivity index (χ0n) is 35.0. The van der Waals surface area contributed by atoms with Crippen molar-refractivity contribution in [3.8, 4) is 0 Å². The van der Waals surface area contributed by atoms with Crippen LogP contribution in [0.1, 0.15) is 156 Å². The molecule has 11 nitrogen and oxygen atoms in total. The molecule has 3 aliphatic carbocycles. The van der Waals surface area contributed by atoms with Crippen molar-refractivity contribution in [3.63, 3.8) is 0 Å². The summed E-state index contributed by atoms with van der Waals surface area (Å²) in [6.07, 6.45) is 18.0. The van der Waals surface area contributed by atoms with Crippen molar-refractivity contribution in [2.45, 2.75) is 202 Å². The molecular weight excluding hydrogens is 781 g/mol. The van der Waals surface area contributed by atoms with Crippen LogP contribution in [0.15, 0.2) is 11.1 Å². The maximum Gasteiger partial charge on any atom is 0.334 e. The molecule has 0 aromatic heterocycles. The first-order valence-corrected chi connectivity index (χ1v) is 25.2. The monoisotopic (exact) mass is 846 g/mol. The number of carbonyl (C=O) groups is 4. The molecule has 58 heavy (non-hydrogen) atoms. The van der Waals surface area contributed by atoms with Crippen LogP contribution in [0.25, 0.3) is 0 Å². The molecule has 10 atom stereocenters. The molecule has 0 radical (unpaired) electrons. The van der Waals surface area contributed by atoms with E-state index in [1.807, 2.05) is 21.6 Å². The van der Waals surface area contributed by atoms with Crippen molar-refractivity contribution in [2.24, 2.45) is 17.3 Å². The number of epoxide rings is 3. The summed E-state index contributed by atoms with van der Waals surface area (Å²) < 4.78 is 42.8. The lowest BCUT2D eigenvalue weighted by Gasteiger charge is -2.53. The third kappa shape index (κ3) is 7.92. The number of hydrogen-bond donors (Lipinski definition) is 0. The number of carbonyl (C=O) groups excluding carboxylic acids is 4. The molecule has 5 heterocycles. The molecule has 2 saturated carbocycles. The molecule has 2 spiro atoms. The van der Waals surface area contributed by atoms with Gasteiger partial charge in [-0.05, 0) is 75.2 Å². The topological polar surface area (TPSA) is 143 Å². The van der Waals surface area contributed by atoms with Crippen molar-refractivity contribution in [2.75, 3.05) is 25.6 Å². The van der Waals surface area contributed by atoms with Crippen LogP contribution in [-0.2, 0) is 52.3 Å². The predicted octanol–water partition coefficient (Wildman–Crippen LogP) is 8.53. The number of hydrogen-bond acceptors (Lipinski definition) is 13. The summed E-state index contributed by atoms with van der Waals surface area (Å²) in [5, 5.41) is 0.784. The van der Waals surface area contributed by atoms with E-state index in [-0.39, 0.29) is 72.3 Å². The Hall–Kier alpha value is -1.80. The van der Waals surface area contributed by atoms with E-state index >= 15 is 0 Å². The van der Waals surface area contributed by atoms with Gasteiger partial charge in [0.15, 0.2) is 11.7 Å². The van der Waals surface area contributed by atoms with Gasteiger partial charge in [-0.2, -0.15) is 0 Å². The van der Waals surface area contributed by atoms with Crippen LogP contribution in [0.3, 0.4) is 0 Å². The largest absolute Gasteiger partial charge is 0.466 e. The van der Waals surface area contributed by atoms with Crippen LogP contribution in [-0.4, -0.2) is 95.9 Å². The van der Waals surface area contributed by atoms with E-state index in [0.29, 0.717) is 39.1 Å². The predicted molar refractivity (Wildman–Crippen MR) is 220 cm³/mol. The van der Waals surface area contributed by atoms with Crippen LogP contribution in [0.4, 0.5) is 0 Å². The molecule has 13 heteroatoms. The Morgan fingerprint density at radius 1 is 0.793 bits per heavy atom. The first-order valence-electron chi connectivity index (χ1n) is 22.8. The van der Waals surface area contributed by atoms with E-state index in [0.717, 1.165) is 74.2 Å². The molecule has 0 N–H and O–H groups in total. The van der Waals surface area contributed by atoms with Crippen molar-refractivity contribution in [3.05, 3.63) is 11.1 Å². The minimum atomic E-state index is -0.776. The fraction of sp³-hybridized carbons (Fsp3) is 0.867. The van der Waals surface area contributed by atoms with E-state index < -0.39 is 22.9 Å². The van der Waals surface area contributed by atoms with Gasteiger partial charge in [-0.1, -0.05) is 100 Å². The smallest absolute Gasteiger partial charge is 0.334 e. The summed E-state index contributed by atoms with van der Waals surface area (Å²) in [4.78, 5) is 50.4. The van der Waals surface area contributed by atoms with Gasteiger partial charge in [-0.25, -0.2) is 4.79 Å². The molecule has 0 bridgehead atoms. The van der Waals surface area contributed by atoms with Crippen LogP contribution in [0.5, 0.6) is 0 Å². The summed E-state index contributed by atoms with van der Waals surface area (Å²) in [6.45, 7) is 7.79. The second-order valence-electron chi connectivity index (χ2n) is 18.8. The minimum absolute atomic E-state index is 0.0370. The molecule has 6 fully saturated rings. The number of cyclic esters (lactones) is 1. The lowest BCUT2D eigenvalue weighted by molar-refractivity contribution is -0.169. The van der Waals surface area contributed by atoms with Gasteiger partial charge in [-0.15, -0.1) is 0 Å². The maximum atomic E-state index is 13.5. The molecule has 1 unspecified atom stereocenters.